The molecule has 0 bridgehead atoms. The lowest BCUT2D eigenvalue weighted by Gasteiger charge is -2.26. The topological polar surface area (TPSA) is 16.4 Å². The standard InChI is InChI=1S/C50H35NO/c1-5-17-37(18-6-1)48(38-19-7-2-8-20-38)49(39-21-9-3-10-22-39)41-24-15-23-40(35-41)36-31-33-43(34-32-36)51(42-25-11-4-12-26-42)45-28-16-30-47-50(45)44-27-13-14-29-46(44)52-47/h1-35H. The number of para-hydroxylation sites is 2. The zero-order valence-electron chi connectivity index (χ0n) is 28.6. The summed E-state index contributed by atoms with van der Waals surface area (Å²) in [6.07, 6.45) is 0. The third kappa shape index (κ3) is 5.87. The van der Waals surface area contributed by atoms with Crippen LogP contribution in [0, 0.1) is 0 Å². The molecule has 0 aliphatic rings. The first kappa shape index (κ1) is 31.1. The summed E-state index contributed by atoms with van der Waals surface area (Å²) in [7, 11) is 0. The van der Waals surface area contributed by atoms with Crippen molar-refractivity contribution in [2.75, 3.05) is 4.90 Å². The Balaban J connectivity index is 1.17. The van der Waals surface area contributed by atoms with Gasteiger partial charge in [0.1, 0.15) is 11.2 Å². The van der Waals surface area contributed by atoms with Crippen molar-refractivity contribution in [3.05, 3.63) is 235 Å². The summed E-state index contributed by atoms with van der Waals surface area (Å²) in [5.41, 5.74) is 14.4. The first-order chi connectivity index (χ1) is 25.8. The van der Waals surface area contributed by atoms with Crippen LogP contribution in [0.1, 0.15) is 22.3 Å². The Labute approximate surface area is 304 Å². The Morgan fingerprint density at radius 1 is 0.346 bits per heavy atom. The molecule has 1 aromatic heterocycles. The average molecular weight is 666 g/mol. The molecular weight excluding hydrogens is 631 g/mol. The van der Waals surface area contributed by atoms with Gasteiger partial charge in [0.15, 0.2) is 0 Å². The molecule has 0 spiro atoms. The molecule has 0 radical (unpaired) electrons. The van der Waals surface area contributed by atoms with Crippen LogP contribution in [-0.4, -0.2) is 0 Å². The van der Waals surface area contributed by atoms with Crippen molar-refractivity contribution < 1.29 is 4.42 Å². The fourth-order valence-electron chi connectivity index (χ4n) is 7.33. The summed E-state index contributed by atoms with van der Waals surface area (Å²) < 4.78 is 6.30. The minimum absolute atomic E-state index is 0.876. The van der Waals surface area contributed by atoms with Crippen LogP contribution in [0.25, 0.3) is 44.2 Å². The van der Waals surface area contributed by atoms with Gasteiger partial charge < -0.3 is 9.32 Å². The summed E-state index contributed by atoms with van der Waals surface area (Å²) in [4.78, 5) is 2.33. The molecule has 2 nitrogen and oxygen atoms in total. The molecule has 0 amide bonds. The van der Waals surface area contributed by atoms with Crippen molar-refractivity contribution in [3.8, 4) is 11.1 Å². The summed E-state index contributed by atoms with van der Waals surface area (Å²) in [6, 6.07) is 75.2. The van der Waals surface area contributed by atoms with E-state index in [4.69, 9.17) is 4.42 Å². The molecule has 8 aromatic carbocycles. The number of hydrogen-bond donors (Lipinski definition) is 0. The number of rotatable bonds is 8. The van der Waals surface area contributed by atoms with Crippen LogP contribution in [0.4, 0.5) is 17.1 Å². The summed E-state index contributed by atoms with van der Waals surface area (Å²) in [5, 5.41) is 2.21. The Kier molecular flexibility index (Phi) is 8.24. The van der Waals surface area contributed by atoms with Crippen molar-refractivity contribution in [3.63, 3.8) is 0 Å². The van der Waals surface area contributed by atoms with Gasteiger partial charge in [-0.25, -0.2) is 0 Å². The van der Waals surface area contributed by atoms with Crippen molar-refractivity contribution >= 4 is 50.1 Å². The molecule has 0 fully saturated rings. The van der Waals surface area contributed by atoms with Crippen LogP contribution in [0.15, 0.2) is 217 Å². The van der Waals surface area contributed by atoms with Gasteiger partial charge in [0.05, 0.1) is 11.1 Å². The maximum atomic E-state index is 6.30. The molecule has 0 aliphatic heterocycles. The average Bonchev–Trinajstić information content (AvgIpc) is 3.61. The van der Waals surface area contributed by atoms with Crippen LogP contribution in [0.2, 0.25) is 0 Å². The van der Waals surface area contributed by atoms with Gasteiger partial charge in [-0.2, -0.15) is 0 Å². The molecule has 2 heteroatoms. The normalized spacial score (nSPS) is 11.1. The van der Waals surface area contributed by atoms with E-state index in [0.29, 0.717) is 0 Å². The first-order valence-electron chi connectivity index (χ1n) is 17.7. The number of anilines is 3. The molecule has 0 N–H and O–H groups in total. The van der Waals surface area contributed by atoms with Crippen molar-refractivity contribution in [1.29, 1.82) is 0 Å². The highest BCUT2D eigenvalue weighted by Crippen LogP contribution is 2.43. The third-order valence-corrected chi connectivity index (χ3v) is 9.68. The second-order valence-electron chi connectivity index (χ2n) is 12.9. The summed E-state index contributed by atoms with van der Waals surface area (Å²) in [5.74, 6) is 0. The highest BCUT2D eigenvalue weighted by molar-refractivity contribution is 6.13. The van der Waals surface area contributed by atoms with Crippen LogP contribution >= 0.6 is 0 Å². The molecule has 246 valence electrons. The van der Waals surface area contributed by atoms with Crippen molar-refractivity contribution in [2.24, 2.45) is 0 Å². The molecule has 1 heterocycles. The number of fused-ring (bicyclic) bond motifs is 3. The van der Waals surface area contributed by atoms with Gasteiger partial charge in [-0.15, -0.1) is 0 Å². The first-order valence-corrected chi connectivity index (χ1v) is 17.7. The lowest BCUT2D eigenvalue weighted by molar-refractivity contribution is 0.669. The monoisotopic (exact) mass is 665 g/mol. The third-order valence-electron chi connectivity index (χ3n) is 9.68. The zero-order valence-corrected chi connectivity index (χ0v) is 28.6. The van der Waals surface area contributed by atoms with Gasteiger partial charge in [0.25, 0.3) is 0 Å². The molecule has 0 saturated carbocycles. The second-order valence-corrected chi connectivity index (χ2v) is 12.9. The number of benzene rings is 8. The minimum Gasteiger partial charge on any atom is -0.456 e. The van der Waals surface area contributed by atoms with Gasteiger partial charge in [0.2, 0.25) is 0 Å². The van der Waals surface area contributed by atoms with Gasteiger partial charge in [-0.1, -0.05) is 164 Å². The second kappa shape index (κ2) is 13.8. The fourth-order valence-corrected chi connectivity index (χ4v) is 7.33. The maximum Gasteiger partial charge on any atom is 0.137 e. The number of nitrogens with zero attached hydrogens (tertiary/aromatic N) is 1. The summed E-state index contributed by atoms with van der Waals surface area (Å²) >= 11 is 0. The molecule has 0 saturated heterocycles. The predicted octanol–water partition coefficient (Wildman–Crippen LogP) is 13.7. The molecule has 9 rings (SSSR count). The van der Waals surface area contributed by atoms with Gasteiger partial charge in [-0.05, 0) is 93.1 Å². The largest absolute Gasteiger partial charge is 0.456 e. The highest BCUT2D eigenvalue weighted by Gasteiger charge is 2.20. The quantitative estimate of drug-likeness (QED) is 0.150. The van der Waals surface area contributed by atoms with E-state index >= 15 is 0 Å². The lowest BCUT2D eigenvalue weighted by Crippen LogP contribution is -2.10. The molecule has 9 aromatic rings. The molecule has 0 aliphatic carbocycles. The van der Waals surface area contributed by atoms with Crippen molar-refractivity contribution in [2.45, 2.75) is 0 Å². The maximum absolute atomic E-state index is 6.30. The van der Waals surface area contributed by atoms with Crippen LogP contribution in [0.3, 0.4) is 0 Å². The van der Waals surface area contributed by atoms with E-state index in [-0.39, 0.29) is 0 Å². The van der Waals surface area contributed by atoms with E-state index in [0.717, 1.165) is 50.1 Å². The van der Waals surface area contributed by atoms with Crippen LogP contribution < -0.4 is 4.90 Å². The summed E-state index contributed by atoms with van der Waals surface area (Å²) in [6.45, 7) is 0. The van der Waals surface area contributed by atoms with E-state index in [1.54, 1.807) is 0 Å². The van der Waals surface area contributed by atoms with Crippen molar-refractivity contribution in [1.82, 2.24) is 0 Å². The molecule has 0 unspecified atom stereocenters. The van der Waals surface area contributed by atoms with E-state index in [9.17, 15) is 0 Å². The molecule has 52 heavy (non-hydrogen) atoms. The smallest absolute Gasteiger partial charge is 0.137 e. The number of hydrogen-bond acceptors (Lipinski definition) is 2. The molecular formula is C50H35NO. The number of furan rings is 1. The van der Waals surface area contributed by atoms with E-state index in [1.807, 2.05) is 12.1 Å². The van der Waals surface area contributed by atoms with Gasteiger partial charge >= 0.3 is 0 Å². The predicted molar refractivity (Wildman–Crippen MR) is 218 cm³/mol. The Morgan fingerprint density at radius 3 is 1.46 bits per heavy atom. The van der Waals surface area contributed by atoms with Gasteiger partial charge in [0, 0.05) is 16.8 Å². The SMILES string of the molecule is c1ccc(C(=C(c2ccccc2)c2cccc(-c3ccc(N(c4ccccc4)c4cccc5oc6ccccc6c45)cc3)c2)c2ccccc2)cc1. The van der Waals surface area contributed by atoms with Crippen LogP contribution in [0.5, 0.6) is 0 Å². The Morgan fingerprint density at radius 2 is 0.827 bits per heavy atom. The Bertz CT molecular complexity index is 2600. The minimum atomic E-state index is 0.876. The Hall–Kier alpha value is -6.90. The van der Waals surface area contributed by atoms with E-state index < -0.39 is 0 Å². The highest BCUT2D eigenvalue weighted by atomic mass is 16.3. The van der Waals surface area contributed by atoms with Gasteiger partial charge in [-0.3, -0.25) is 0 Å². The van der Waals surface area contributed by atoms with E-state index in [1.165, 1.54) is 33.4 Å². The van der Waals surface area contributed by atoms with E-state index in [2.05, 4.69) is 205 Å². The lowest BCUT2D eigenvalue weighted by atomic mass is 9.85. The molecule has 0 atom stereocenters. The van der Waals surface area contributed by atoms with Crippen LogP contribution in [-0.2, 0) is 0 Å². The zero-order chi connectivity index (χ0) is 34.7. The fraction of sp³-hybridized carbons (Fsp3) is 0.